The molecule has 1 unspecified atom stereocenters. The van der Waals surface area contributed by atoms with Gasteiger partial charge in [-0.3, -0.25) is 4.98 Å². The third kappa shape index (κ3) is 3.89. The standard InChI is InChI=1S/C19H17NO2.ClH/c21-19(16-8-3-1-4-9-16,17-10-7-13-20-14-17)15-22-18-11-5-2-6-12-18;/h1-14,21H,15H2;1H. The van der Waals surface area contributed by atoms with Crippen molar-refractivity contribution in [3.63, 3.8) is 0 Å². The number of halogens is 1. The number of pyridine rings is 1. The van der Waals surface area contributed by atoms with E-state index in [0.717, 1.165) is 11.3 Å². The van der Waals surface area contributed by atoms with Crippen LogP contribution in [0, 0.1) is 0 Å². The smallest absolute Gasteiger partial charge is 0.150 e. The van der Waals surface area contributed by atoms with Gasteiger partial charge < -0.3 is 9.84 Å². The number of para-hydroxylation sites is 1. The van der Waals surface area contributed by atoms with Crippen molar-refractivity contribution in [2.45, 2.75) is 5.60 Å². The van der Waals surface area contributed by atoms with Gasteiger partial charge in [0.15, 0.2) is 0 Å². The van der Waals surface area contributed by atoms with Crippen molar-refractivity contribution in [1.82, 2.24) is 4.98 Å². The third-order valence-electron chi connectivity index (χ3n) is 3.58. The number of benzene rings is 2. The summed E-state index contributed by atoms with van der Waals surface area (Å²) in [5.41, 5.74) is 0.238. The second-order valence-corrected chi connectivity index (χ2v) is 5.07. The van der Waals surface area contributed by atoms with Gasteiger partial charge in [0.25, 0.3) is 0 Å². The second-order valence-electron chi connectivity index (χ2n) is 5.07. The lowest BCUT2D eigenvalue weighted by Gasteiger charge is -2.29. The van der Waals surface area contributed by atoms with Crippen LogP contribution in [0.15, 0.2) is 85.2 Å². The first-order chi connectivity index (χ1) is 10.8. The first-order valence-corrected chi connectivity index (χ1v) is 7.15. The maximum Gasteiger partial charge on any atom is 0.150 e. The number of aliphatic hydroxyl groups is 1. The number of hydrogen-bond acceptors (Lipinski definition) is 3. The Hall–Kier alpha value is -2.36. The first-order valence-electron chi connectivity index (χ1n) is 7.15. The number of aromatic nitrogens is 1. The predicted molar refractivity (Wildman–Crippen MR) is 92.9 cm³/mol. The van der Waals surface area contributed by atoms with Crippen LogP contribution >= 0.6 is 12.4 Å². The average Bonchev–Trinajstić information content (AvgIpc) is 2.62. The van der Waals surface area contributed by atoms with E-state index in [1.165, 1.54) is 0 Å². The minimum Gasteiger partial charge on any atom is -0.490 e. The first kappa shape index (κ1) is 17.0. The number of hydrogen-bond donors (Lipinski definition) is 1. The minimum atomic E-state index is -1.24. The molecule has 0 amide bonds. The zero-order valence-corrected chi connectivity index (χ0v) is 13.3. The molecule has 3 nitrogen and oxygen atoms in total. The van der Waals surface area contributed by atoms with E-state index in [4.69, 9.17) is 4.74 Å². The van der Waals surface area contributed by atoms with E-state index in [1.54, 1.807) is 12.4 Å². The van der Waals surface area contributed by atoms with Gasteiger partial charge in [0, 0.05) is 18.0 Å². The van der Waals surface area contributed by atoms with E-state index < -0.39 is 5.60 Å². The van der Waals surface area contributed by atoms with Gasteiger partial charge in [-0.2, -0.15) is 0 Å². The van der Waals surface area contributed by atoms with Crippen LogP contribution in [0.4, 0.5) is 0 Å². The molecule has 118 valence electrons. The maximum atomic E-state index is 11.3. The van der Waals surface area contributed by atoms with Crippen LogP contribution in [-0.4, -0.2) is 16.7 Å². The molecule has 3 rings (SSSR count). The van der Waals surface area contributed by atoms with Crippen LogP contribution in [-0.2, 0) is 5.60 Å². The van der Waals surface area contributed by atoms with E-state index in [1.807, 2.05) is 72.8 Å². The molecular weight excluding hydrogens is 310 g/mol. The van der Waals surface area contributed by atoms with E-state index in [2.05, 4.69) is 4.98 Å². The highest BCUT2D eigenvalue weighted by atomic mass is 35.5. The van der Waals surface area contributed by atoms with Crippen LogP contribution in [0.25, 0.3) is 0 Å². The Bertz CT molecular complexity index is 666. The second kappa shape index (κ2) is 7.77. The summed E-state index contributed by atoms with van der Waals surface area (Å²) in [6, 6.07) is 22.6. The summed E-state index contributed by atoms with van der Waals surface area (Å²) in [7, 11) is 0. The highest BCUT2D eigenvalue weighted by molar-refractivity contribution is 5.85. The minimum absolute atomic E-state index is 0. The van der Waals surface area contributed by atoms with Gasteiger partial charge >= 0.3 is 0 Å². The molecule has 0 bridgehead atoms. The lowest BCUT2D eigenvalue weighted by atomic mass is 9.88. The molecule has 1 heterocycles. The zero-order chi connectivity index (χ0) is 15.3. The zero-order valence-electron chi connectivity index (χ0n) is 12.5. The van der Waals surface area contributed by atoms with Crippen molar-refractivity contribution in [3.05, 3.63) is 96.3 Å². The maximum absolute atomic E-state index is 11.3. The summed E-state index contributed by atoms with van der Waals surface area (Å²) >= 11 is 0. The summed E-state index contributed by atoms with van der Waals surface area (Å²) < 4.78 is 5.80. The van der Waals surface area contributed by atoms with E-state index in [0.29, 0.717) is 5.56 Å². The molecule has 2 aromatic carbocycles. The highest BCUT2D eigenvalue weighted by Gasteiger charge is 2.32. The number of nitrogens with zero attached hydrogens (tertiary/aromatic N) is 1. The Morgan fingerprint density at radius 3 is 2.04 bits per heavy atom. The SMILES string of the molecule is Cl.OC(COc1ccccc1)(c1ccccc1)c1cccnc1. The highest BCUT2D eigenvalue weighted by Crippen LogP contribution is 2.30. The monoisotopic (exact) mass is 327 g/mol. The van der Waals surface area contributed by atoms with Gasteiger partial charge in [-0.05, 0) is 23.8 Å². The Morgan fingerprint density at radius 1 is 0.826 bits per heavy atom. The molecule has 4 heteroatoms. The van der Waals surface area contributed by atoms with Gasteiger partial charge in [0.1, 0.15) is 18.0 Å². The van der Waals surface area contributed by atoms with Crippen LogP contribution in [0.2, 0.25) is 0 Å². The van der Waals surface area contributed by atoms with Crippen molar-refractivity contribution < 1.29 is 9.84 Å². The molecule has 0 aliphatic carbocycles. The summed E-state index contributed by atoms with van der Waals surface area (Å²) in [4.78, 5) is 4.12. The average molecular weight is 328 g/mol. The lowest BCUT2D eigenvalue weighted by molar-refractivity contribution is 0.0273. The summed E-state index contributed by atoms with van der Waals surface area (Å²) in [6.45, 7) is 0.118. The molecule has 1 N–H and O–H groups in total. The normalized spacial score (nSPS) is 12.7. The van der Waals surface area contributed by atoms with E-state index in [9.17, 15) is 5.11 Å². The predicted octanol–water partition coefficient (Wildman–Crippen LogP) is 3.82. The van der Waals surface area contributed by atoms with Crippen LogP contribution in [0.5, 0.6) is 5.75 Å². The molecule has 23 heavy (non-hydrogen) atoms. The van der Waals surface area contributed by atoms with Gasteiger partial charge in [-0.1, -0.05) is 54.6 Å². The van der Waals surface area contributed by atoms with Crippen molar-refractivity contribution in [3.8, 4) is 5.75 Å². The Balaban J connectivity index is 0.00000192. The Morgan fingerprint density at radius 2 is 1.43 bits per heavy atom. The molecule has 0 fully saturated rings. The molecule has 0 radical (unpaired) electrons. The van der Waals surface area contributed by atoms with Gasteiger partial charge in [0.2, 0.25) is 0 Å². The molecular formula is C19H18ClNO2. The van der Waals surface area contributed by atoms with Gasteiger partial charge in [-0.25, -0.2) is 0 Å². The van der Waals surface area contributed by atoms with E-state index >= 15 is 0 Å². The Kier molecular flexibility index (Phi) is 5.74. The molecule has 0 aliphatic rings. The Labute approximate surface area is 142 Å². The largest absolute Gasteiger partial charge is 0.490 e. The molecule has 0 aliphatic heterocycles. The molecule has 0 saturated heterocycles. The fraction of sp³-hybridized carbons (Fsp3) is 0.105. The van der Waals surface area contributed by atoms with Gasteiger partial charge in [0.05, 0.1) is 0 Å². The summed E-state index contributed by atoms with van der Waals surface area (Å²) in [5, 5.41) is 11.3. The quantitative estimate of drug-likeness (QED) is 0.774. The van der Waals surface area contributed by atoms with Crippen LogP contribution in [0.3, 0.4) is 0 Å². The van der Waals surface area contributed by atoms with Crippen LogP contribution < -0.4 is 4.74 Å². The topological polar surface area (TPSA) is 42.4 Å². The van der Waals surface area contributed by atoms with Crippen molar-refractivity contribution in [2.24, 2.45) is 0 Å². The van der Waals surface area contributed by atoms with Crippen molar-refractivity contribution >= 4 is 12.4 Å². The van der Waals surface area contributed by atoms with Gasteiger partial charge in [-0.15, -0.1) is 12.4 Å². The van der Waals surface area contributed by atoms with Crippen molar-refractivity contribution in [2.75, 3.05) is 6.61 Å². The third-order valence-corrected chi connectivity index (χ3v) is 3.58. The summed E-state index contributed by atoms with van der Waals surface area (Å²) in [6.07, 6.45) is 3.36. The fourth-order valence-electron chi connectivity index (χ4n) is 2.36. The molecule has 0 spiro atoms. The lowest BCUT2D eigenvalue weighted by Crippen LogP contribution is -2.34. The molecule has 3 aromatic rings. The summed E-state index contributed by atoms with van der Waals surface area (Å²) in [5.74, 6) is 0.723. The molecule has 1 atom stereocenters. The van der Waals surface area contributed by atoms with Crippen molar-refractivity contribution in [1.29, 1.82) is 0 Å². The molecule has 1 aromatic heterocycles. The number of rotatable bonds is 5. The fourth-order valence-corrected chi connectivity index (χ4v) is 2.36. The van der Waals surface area contributed by atoms with E-state index in [-0.39, 0.29) is 19.0 Å². The number of ether oxygens (including phenoxy) is 1. The molecule has 0 saturated carbocycles. The van der Waals surface area contributed by atoms with Crippen LogP contribution in [0.1, 0.15) is 11.1 Å².